The lowest BCUT2D eigenvalue weighted by molar-refractivity contribution is -0.130. The number of carbonyl (C=O) groups excluding carboxylic acids is 2. The molecule has 0 saturated carbocycles. The number of hydrogen-bond acceptors (Lipinski definition) is 4. The Morgan fingerprint density at radius 3 is 2.45 bits per heavy atom. The molecule has 20 heavy (non-hydrogen) atoms. The Bertz CT molecular complexity index is 493. The van der Waals surface area contributed by atoms with Crippen LogP contribution >= 0.6 is 11.6 Å². The highest BCUT2D eigenvalue weighted by molar-refractivity contribution is 6.32. The highest BCUT2D eigenvalue weighted by Gasteiger charge is 2.25. The lowest BCUT2D eigenvalue weighted by atomic mass is 10.2. The largest absolute Gasteiger partial charge is 0.452 e. The van der Waals surface area contributed by atoms with E-state index in [1.54, 1.807) is 30.0 Å². The lowest BCUT2D eigenvalue weighted by Crippen LogP contribution is -2.51. The average molecular weight is 300 g/mol. The molecule has 2 heterocycles. The second-order valence-electron chi connectivity index (χ2n) is 4.96. The number of nitrogens with zero attached hydrogens (tertiary/aromatic N) is 3. The van der Waals surface area contributed by atoms with Crippen LogP contribution in [0, 0.1) is 0 Å². The molecule has 2 rings (SSSR count). The predicted molar refractivity (Wildman–Crippen MR) is 74.8 cm³/mol. The maximum Gasteiger partial charge on any atom is 0.258 e. The Labute approximate surface area is 122 Å². The first-order valence-electron chi connectivity index (χ1n) is 6.44. The number of piperazine rings is 1. The normalized spacial score (nSPS) is 16.2. The maximum atomic E-state index is 12.2. The van der Waals surface area contributed by atoms with Crippen molar-refractivity contribution in [2.75, 3.05) is 46.8 Å². The second-order valence-corrected chi connectivity index (χ2v) is 5.31. The van der Waals surface area contributed by atoms with Gasteiger partial charge in [-0.15, -0.1) is 0 Å². The van der Waals surface area contributed by atoms with E-state index in [-0.39, 0.29) is 17.0 Å². The summed E-state index contributed by atoms with van der Waals surface area (Å²) >= 11 is 5.81. The zero-order valence-corrected chi connectivity index (χ0v) is 12.4. The molecule has 0 aliphatic carbocycles. The molecular weight excluding hydrogens is 282 g/mol. The molecule has 7 heteroatoms. The van der Waals surface area contributed by atoms with E-state index in [0.717, 1.165) is 0 Å². The van der Waals surface area contributed by atoms with Crippen molar-refractivity contribution in [3.05, 3.63) is 23.1 Å². The van der Waals surface area contributed by atoms with Gasteiger partial charge in [-0.3, -0.25) is 14.5 Å². The van der Waals surface area contributed by atoms with Gasteiger partial charge >= 0.3 is 0 Å². The van der Waals surface area contributed by atoms with E-state index in [0.29, 0.717) is 38.3 Å². The molecule has 0 unspecified atom stereocenters. The van der Waals surface area contributed by atoms with Gasteiger partial charge in [-0.05, 0) is 17.7 Å². The van der Waals surface area contributed by atoms with E-state index in [1.165, 1.54) is 6.26 Å². The van der Waals surface area contributed by atoms with Crippen LogP contribution in [-0.4, -0.2) is 73.3 Å². The molecule has 0 bridgehead atoms. The van der Waals surface area contributed by atoms with Crippen LogP contribution in [0.2, 0.25) is 5.22 Å². The Morgan fingerprint density at radius 2 is 1.95 bits per heavy atom. The van der Waals surface area contributed by atoms with E-state index in [4.69, 9.17) is 16.0 Å². The predicted octanol–water partition coefficient (Wildman–Crippen LogP) is 0.779. The number of hydrogen-bond donors (Lipinski definition) is 0. The summed E-state index contributed by atoms with van der Waals surface area (Å²) in [4.78, 5) is 29.2. The quantitative estimate of drug-likeness (QED) is 0.827. The molecule has 2 amide bonds. The monoisotopic (exact) mass is 299 g/mol. The fourth-order valence-electron chi connectivity index (χ4n) is 2.06. The van der Waals surface area contributed by atoms with Gasteiger partial charge in [0.05, 0.1) is 18.4 Å². The van der Waals surface area contributed by atoms with Crippen LogP contribution in [0.1, 0.15) is 10.4 Å². The van der Waals surface area contributed by atoms with Gasteiger partial charge < -0.3 is 14.2 Å². The fourth-order valence-corrected chi connectivity index (χ4v) is 2.25. The number of carbonyl (C=O) groups is 2. The molecular formula is C13H18ClN3O3. The van der Waals surface area contributed by atoms with Crippen molar-refractivity contribution >= 4 is 23.4 Å². The number of likely N-dealkylation sites (N-methyl/N-ethyl adjacent to an activating group) is 1. The minimum absolute atomic E-state index is 0.0719. The molecule has 1 fully saturated rings. The summed E-state index contributed by atoms with van der Waals surface area (Å²) in [6.07, 6.45) is 1.40. The first-order chi connectivity index (χ1) is 9.49. The van der Waals surface area contributed by atoms with Crippen LogP contribution in [0.5, 0.6) is 0 Å². The summed E-state index contributed by atoms with van der Waals surface area (Å²) in [7, 11) is 3.48. The summed E-state index contributed by atoms with van der Waals surface area (Å²) in [6.45, 7) is 2.92. The summed E-state index contributed by atoms with van der Waals surface area (Å²) in [5.74, 6) is -0.0509. The number of amides is 2. The fraction of sp³-hybridized carbons (Fsp3) is 0.538. The van der Waals surface area contributed by atoms with Gasteiger partial charge in [-0.2, -0.15) is 0 Å². The Kier molecular flexibility index (Phi) is 4.67. The molecule has 0 atom stereocenters. The molecule has 0 N–H and O–H groups in total. The van der Waals surface area contributed by atoms with Gasteiger partial charge in [0.1, 0.15) is 0 Å². The molecule has 0 spiro atoms. The average Bonchev–Trinajstić information content (AvgIpc) is 2.85. The second kappa shape index (κ2) is 6.28. The molecule has 1 saturated heterocycles. The zero-order chi connectivity index (χ0) is 14.7. The number of furan rings is 1. The van der Waals surface area contributed by atoms with E-state index in [9.17, 15) is 9.59 Å². The Morgan fingerprint density at radius 1 is 1.30 bits per heavy atom. The van der Waals surface area contributed by atoms with Crippen molar-refractivity contribution < 1.29 is 14.0 Å². The Balaban J connectivity index is 1.87. The molecule has 6 nitrogen and oxygen atoms in total. The van der Waals surface area contributed by atoms with E-state index >= 15 is 0 Å². The number of halogens is 1. The summed E-state index contributed by atoms with van der Waals surface area (Å²) in [5, 5.41) is 0.125. The molecule has 1 aromatic rings. The van der Waals surface area contributed by atoms with Crippen LogP contribution < -0.4 is 0 Å². The van der Waals surface area contributed by atoms with Crippen molar-refractivity contribution in [3.8, 4) is 0 Å². The smallest absolute Gasteiger partial charge is 0.258 e. The van der Waals surface area contributed by atoms with Crippen LogP contribution in [0.4, 0.5) is 0 Å². The molecule has 110 valence electrons. The minimum atomic E-state index is -0.123. The van der Waals surface area contributed by atoms with Gasteiger partial charge in [0.25, 0.3) is 5.91 Å². The van der Waals surface area contributed by atoms with Crippen molar-refractivity contribution in [1.29, 1.82) is 0 Å². The zero-order valence-electron chi connectivity index (χ0n) is 11.6. The highest BCUT2D eigenvalue weighted by Crippen LogP contribution is 2.19. The van der Waals surface area contributed by atoms with E-state index in [2.05, 4.69) is 0 Å². The molecule has 1 aromatic heterocycles. The van der Waals surface area contributed by atoms with Gasteiger partial charge in [0.2, 0.25) is 11.1 Å². The lowest BCUT2D eigenvalue weighted by Gasteiger charge is -2.34. The SMILES string of the molecule is CN(C)C(=O)CN1CCN(C(=O)c2ccoc2Cl)CC1. The number of rotatable bonds is 3. The van der Waals surface area contributed by atoms with Crippen LogP contribution in [-0.2, 0) is 4.79 Å². The Hall–Kier alpha value is -1.53. The first-order valence-corrected chi connectivity index (χ1v) is 6.81. The van der Waals surface area contributed by atoms with Gasteiger partial charge in [-0.1, -0.05) is 0 Å². The van der Waals surface area contributed by atoms with E-state index in [1.807, 2.05) is 4.90 Å². The minimum Gasteiger partial charge on any atom is -0.452 e. The van der Waals surface area contributed by atoms with E-state index < -0.39 is 0 Å². The van der Waals surface area contributed by atoms with Gasteiger partial charge in [0, 0.05) is 40.3 Å². The molecule has 1 aliphatic heterocycles. The third-order valence-electron chi connectivity index (χ3n) is 3.37. The summed E-state index contributed by atoms with van der Waals surface area (Å²) < 4.78 is 4.93. The standard InChI is InChI=1S/C13H18ClN3O3/c1-15(2)11(18)9-16-4-6-17(7-5-16)13(19)10-3-8-20-12(10)14/h3,8H,4-7,9H2,1-2H3. The summed E-state index contributed by atoms with van der Waals surface area (Å²) in [6, 6.07) is 1.58. The summed E-state index contributed by atoms with van der Waals surface area (Å²) in [5.41, 5.74) is 0.393. The molecule has 0 aromatic carbocycles. The van der Waals surface area contributed by atoms with Crippen molar-refractivity contribution in [3.63, 3.8) is 0 Å². The third kappa shape index (κ3) is 3.32. The van der Waals surface area contributed by atoms with Gasteiger partial charge in [0.15, 0.2) is 0 Å². The van der Waals surface area contributed by atoms with Crippen molar-refractivity contribution in [1.82, 2.24) is 14.7 Å². The van der Waals surface area contributed by atoms with Crippen LogP contribution in [0.15, 0.2) is 16.7 Å². The third-order valence-corrected chi connectivity index (χ3v) is 3.66. The van der Waals surface area contributed by atoms with Gasteiger partial charge in [-0.25, -0.2) is 0 Å². The van der Waals surface area contributed by atoms with Crippen LogP contribution in [0.3, 0.4) is 0 Å². The molecule has 0 radical (unpaired) electrons. The highest BCUT2D eigenvalue weighted by atomic mass is 35.5. The van der Waals surface area contributed by atoms with Crippen molar-refractivity contribution in [2.45, 2.75) is 0 Å². The van der Waals surface area contributed by atoms with Crippen LogP contribution in [0.25, 0.3) is 0 Å². The molecule has 1 aliphatic rings. The van der Waals surface area contributed by atoms with Crippen molar-refractivity contribution in [2.24, 2.45) is 0 Å². The maximum absolute atomic E-state index is 12.2. The topological polar surface area (TPSA) is 57.0 Å². The first kappa shape index (κ1) is 14.9.